The first-order valence-corrected chi connectivity index (χ1v) is 8.82. The van der Waals surface area contributed by atoms with Gasteiger partial charge in [-0.05, 0) is 44.2 Å². The maximum atomic E-state index is 12.7. The van der Waals surface area contributed by atoms with Crippen LogP contribution in [0.4, 0.5) is 5.82 Å². The van der Waals surface area contributed by atoms with E-state index in [1.165, 1.54) is 0 Å². The molecule has 7 heteroatoms. The summed E-state index contributed by atoms with van der Waals surface area (Å²) in [6.07, 6.45) is -0.0692. The van der Waals surface area contributed by atoms with Gasteiger partial charge in [-0.15, -0.1) is 0 Å². The van der Waals surface area contributed by atoms with Crippen LogP contribution in [0.3, 0.4) is 0 Å². The molecule has 0 bridgehead atoms. The molecule has 1 aromatic heterocycles. The monoisotopic (exact) mass is 385 g/mol. The number of hydrogen-bond acceptors (Lipinski definition) is 4. The number of nitrogens with one attached hydrogen (secondary N) is 2. The Labute approximate surface area is 162 Å². The van der Waals surface area contributed by atoms with Gasteiger partial charge in [0.1, 0.15) is 11.5 Å². The highest BCUT2D eigenvalue weighted by Crippen LogP contribution is 2.30. The summed E-state index contributed by atoms with van der Waals surface area (Å²) >= 11 is 6.05. The molecule has 0 saturated heterocycles. The van der Waals surface area contributed by atoms with Crippen molar-refractivity contribution in [1.82, 2.24) is 10.2 Å². The van der Waals surface area contributed by atoms with E-state index >= 15 is 0 Å². The van der Waals surface area contributed by atoms with Crippen molar-refractivity contribution in [3.63, 3.8) is 0 Å². The summed E-state index contributed by atoms with van der Waals surface area (Å²) in [6, 6.07) is 14.2. The maximum absolute atomic E-state index is 12.7. The fourth-order valence-electron chi connectivity index (χ4n) is 2.61. The van der Waals surface area contributed by atoms with Crippen LogP contribution in [-0.2, 0) is 0 Å². The summed E-state index contributed by atoms with van der Waals surface area (Å²) in [6.45, 7) is 3.78. The van der Waals surface area contributed by atoms with Crippen molar-refractivity contribution in [3.05, 3.63) is 59.1 Å². The first-order chi connectivity index (χ1) is 13.0. The second kappa shape index (κ2) is 8.14. The largest absolute Gasteiger partial charge is 0.496 e. The number of rotatable bonds is 6. The molecule has 1 amide bonds. The van der Waals surface area contributed by atoms with E-state index in [2.05, 4.69) is 15.5 Å². The van der Waals surface area contributed by atoms with Gasteiger partial charge in [0.05, 0.1) is 24.5 Å². The number of carbonyl (C=O) groups is 1. The Bertz CT molecular complexity index is 953. The minimum absolute atomic E-state index is 0.0692. The summed E-state index contributed by atoms with van der Waals surface area (Å²) in [5.74, 6) is 1.21. The molecule has 3 rings (SSSR count). The fraction of sp³-hybridized carbons (Fsp3) is 0.200. The zero-order valence-corrected chi connectivity index (χ0v) is 16.0. The van der Waals surface area contributed by atoms with Gasteiger partial charge in [0, 0.05) is 16.7 Å². The second-order valence-corrected chi connectivity index (χ2v) is 6.56. The highest BCUT2D eigenvalue weighted by atomic mass is 35.5. The quantitative estimate of drug-likeness (QED) is 0.640. The third kappa shape index (κ3) is 4.41. The first kappa shape index (κ1) is 18.8. The molecule has 3 aromatic rings. The Morgan fingerprint density at radius 1 is 1.15 bits per heavy atom. The molecule has 0 saturated carbocycles. The molecule has 0 radical (unpaired) electrons. The Morgan fingerprint density at radius 2 is 1.93 bits per heavy atom. The molecule has 2 aromatic carbocycles. The smallest absolute Gasteiger partial charge is 0.260 e. The molecule has 1 heterocycles. The van der Waals surface area contributed by atoms with E-state index in [4.69, 9.17) is 21.1 Å². The molecule has 140 valence electrons. The van der Waals surface area contributed by atoms with Gasteiger partial charge < -0.3 is 14.8 Å². The van der Waals surface area contributed by atoms with Gasteiger partial charge in [-0.2, -0.15) is 5.10 Å². The Morgan fingerprint density at radius 3 is 2.67 bits per heavy atom. The Balaban J connectivity index is 1.84. The summed E-state index contributed by atoms with van der Waals surface area (Å²) < 4.78 is 11.1. The molecule has 0 atom stereocenters. The second-order valence-electron chi connectivity index (χ2n) is 6.13. The fourth-order valence-corrected chi connectivity index (χ4v) is 2.78. The zero-order valence-electron chi connectivity index (χ0n) is 15.2. The number of anilines is 1. The van der Waals surface area contributed by atoms with Crippen LogP contribution < -0.4 is 14.8 Å². The molecule has 0 spiro atoms. The number of carbonyl (C=O) groups excluding carboxylic acids is 1. The summed E-state index contributed by atoms with van der Waals surface area (Å²) in [4.78, 5) is 12.7. The number of halogens is 1. The first-order valence-electron chi connectivity index (χ1n) is 8.44. The lowest BCUT2D eigenvalue weighted by Gasteiger charge is -2.14. The van der Waals surface area contributed by atoms with E-state index in [0.717, 1.165) is 11.3 Å². The topological polar surface area (TPSA) is 76.2 Å². The van der Waals surface area contributed by atoms with Crippen molar-refractivity contribution in [2.24, 2.45) is 0 Å². The van der Waals surface area contributed by atoms with Gasteiger partial charge >= 0.3 is 0 Å². The standard InChI is InChI=1S/C20H20ClN3O3/c1-12(2)27-18-9-8-13(21)10-15(18)20(25)22-19-11-16(23-24-19)14-6-4-5-7-17(14)26-3/h4-12H,1-3H3,(H2,22,23,24,25). The minimum atomic E-state index is -0.355. The Hall–Kier alpha value is -2.99. The molecule has 27 heavy (non-hydrogen) atoms. The predicted molar refractivity (Wildman–Crippen MR) is 106 cm³/mol. The van der Waals surface area contributed by atoms with Crippen LogP contribution in [0.15, 0.2) is 48.5 Å². The lowest BCUT2D eigenvalue weighted by Crippen LogP contribution is -2.16. The summed E-state index contributed by atoms with van der Waals surface area (Å²) in [5, 5.41) is 10.3. The van der Waals surface area contributed by atoms with E-state index in [1.807, 2.05) is 38.1 Å². The van der Waals surface area contributed by atoms with Crippen molar-refractivity contribution >= 4 is 23.3 Å². The normalized spacial score (nSPS) is 10.7. The van der Waals surface area contributed by atoms with Crippen molar-refractivity contribution in [1.29, 1.82) is 0 Å². The summed E-state index contributed by atoms with van der Waals surface area (Å²) in [5.41, 5.74) is 1.92. The van der Waals surface area contributed by atoms with Crippen molar-refractivity contribution < 1.29 is 14.3 Å². The molecule has 0 aliphatic carbocycles. The molecule has 0 aliphatic rings. The van der Waals surface area contributed by atoms with Gasteiger partial charge in [-0.3, -0.25) is 9.89 Å². The number of para-hydroxylation sites is 1. The van der Waals surface area contributed by atoms with E-state index < -0.39 is 0 Å². The predicted octanol–water partition coefficient (Wildman–Crippen LogP) is 4.78. The zero-order chi connectivity index (χ0) is 19.4. The number of nitrogens with zero attached hydrogens (tertiary/aromatic N) is 1. The van der Waals surface area contributed by atoms with E-state index in [0.29, 0.717) is 27.9 Å². The number of amides is 1. The molecule has 2 N–H and O–H groups in total. The SMILES string of the molecule is COc1ccccc1-c1cc(NC(=O)c2cc(Cl)ccc2OC(C)C)n[nH]1. The lowest BCUT2D eigenvalue weighted by atomic mass is 10.1. The third-order valence-electron chi connectivity index (χ3n) is 3.77. The van der Waals surface area contributed by atoms with Gasteiger partial charge in [0.2, 0.25) is 0 Å². The molecular formula is C20H20ClN3O3. The van der Waals surface area contributed by atoms with E-state index in [9.17, 15) is 4.79 Å². The van der Waals surface area contributed by atoms with E-state index in [-0.39, 0.29) is 12.0 Å². The molecular weight excluding hydrogens is 366 g/mol. The third-order valence-corrected chi connectivity index (χ3v) is 4.00. The van der Waals surface area contributed by atoms with Crippen LogP contribution in [0, 0.1) is 0 Å². The van der Waals surface area contributed by atoms with Crippen molar-refractivity contribution in [2.45, 2.75) is 20.0 Å². The van der Waals surface area contributed by atoms with Gasteiger partial charge in [-0.1, -0.05) is 23.7 Å². The highest BCUT2D eigenvalue weighted by molar-refractivity contribution is 6.31. The lowest BCUT2D eigenvalue weighted by molar-refractivity contribution is 0.102. The van der Waals surface area contributed by atoms with Gasteiger partial charge in [0.15, 0.2) is 5.82 Å². The van der Waals surface area contributed by atoms with Crippen LogP contribution in [0.5, 0.6) is 11.5 Å². The van der Waals surface area contributed by atoms with Crippen LogP contribution in [0.1, 0.15) is 24.2 Å². The number of hydrogen-bond donors (Lipinski definition) is 2. The van der Waals surface area contributed by atoms with Crippen molar-refractivity contribution in [3.8, 4) is 22.8 Å². The number of ether oxygens (including phenoxy) is 2. The van der Waals surface area contributed by atoms with E-state index in [1.54, 1.807) is 31.4 Å². The van der Waals surface area contributed by atoms with Crippen LogP contribution in [0.2, 0.25) is 5.02 Å². The van der Waals surface area contributed by atoms with Crippen LogP contribution in [-0.4, -0.2) is 29.3 Å². The highest BCUT2D eigenvalue weighted by Gasteiger charge is 2.17. The number of benzene rings is 2. The number of aromatic amines is 1. The summed E-state index contributed by atoms with van der Waals surface area (Å²) in [7, 11) is 1.60. The molecule has 0 unspecified atom stereocenters. The molecule has 0 aliphatic heterocycles. The maximum Gasteiger partial charge on any atom is 0.260 e. The number of aromatic nitrogens is 2. The molecule has 6 nitrogen and oxygen atoms in total. The van der Waals surface area contributed by atoms with Crippen LogP contribution >= 0.6 is 11.6 Å². The number of H-pyrrole nitrogens is 1. The van der Waals surface area contributed by atoms with Gasteiger partial charge in [-0.25, -0.2) is 0 Å². The number of methoxy groups -OCH3 is 1. The molecule has 0 fully saturated rings. The van der Waals surface area contributed by atoms with Crippen molar-refractivity contribution in [2.75, 3.05) is 12.4 Å². The van der Waals surface area contributed by atoms with Gasteiger partial charge in [0.25, 0.3) is 5.91 Å². The minimum Gasteiger partial charge on any atom is -0.496 e. The average molecular weight is 386 g/mol. The average Bonchev–Trinajstić information content (AvgIpc) is 3.11. The van der Waals surface area contributed by atoms with Crippen LogP contribution in [0.25, 0.3) is 11.3 Å². The Kier molecular flexibility index (Phi) is 5.66.